The number of aromatic nitrogens is 1. The monoisotopic (exact) mass is 313 g/mol. The Morgan fingerprint density at radius 3 is 1.71 bits per heavy atom. The summed E-state index contributed by atoms with van der Waals surface area (Å²) < 4.78 is 1.86. The molecule has 0 saturated carbocycles. The van der Waals surface area contributed by atoms with Crippen molar-refractivity contribution in [2.45, 2.75) is 20.8 Å². The summed E-state index contributed by atoms with van der Waals surface area (Å²) in [5.41, 5.74) is 5.96. The van der Waals surface area contributed by atoms with E-state index in [1.165, 1.54) is 5.56 Å². The summed E-state index contributed by atoms with van der Waals surface area (Å²) in [6.45, 7) is 6.09. The standard InChI is InChI=1S/C22H19NO/c1-14-12-15(2)21(16(3)13-14)22(24)23-19-10-6-4-8-17(19)18-9-5-7-11-20(18)23/h4-13H,1-3H3. The molecule has 0 amide bonds. The van der Waals surface area contributed by atoms with Crippen LogP contribution in [0.2, 0.25) is 0 Å². The van der Waals surface area contributed by atoms with Crippen molar-refractivity contribution in [3.63, 3.8) is 0 Å². The summed E-state index contributed by atoms with van der Waals surface area (Å²) in [5, 5.41) is 2.23. The Morgan fingerprint density at radius 1 is 0.750 bits per heavy atom. The number of carbonyl (C=O) groups is 1. The lowest BCUT2D eigenvalue weighted by Gasteiger charge is -2.12. The highest BCUT2D eigenvalue weighted by Crippen LogP contribution is 2.30. The molecule has 4 aromatic rings. The summed E-state index contributed by atoms with van der Waals surface area (Å²) in [6, 6.07) is 20.4. The van der Waals surface area contributed by atoms with Crippen LogP contribution < -0.4 is 0 Å². The van der Waals surface area contributed by atoms with E-state index < -0.39 is 0 Å². The highest BCUT2D eigenvalue weighted by molar-refractivity contribution is 6.16. The molecule has 118 valence electrons. The van der Waals surface area contributed by atoms with E-state index in [0.29, 0.717) is 0 Å². The van der Waals surface area contributed by atoms with Crippen LogP contribution in [0.4, 0.5) is 0 Å². The van der Waals surface area contributed by atoms with Gasteiger partial charge in [0.05, 0.1) is 11.0 Å². The van der Waals surface area contributed by atoms with Gasteiger partial charge in [0, 0.05) is 16.3 Å². The minimum atomic E-state index is 0.0439. The summed E-state index contributed by atoms with van der Waals surface area (Å²) >= 11 is 0. The molecule has 3 aromatic carbocycles. The molecule has 0 N–H and O–H groups in total. The Hall–Kier alpha value is -2.87. The van der Waals surface area contributed by atoms with Gasteiger partial charge in [0.2, 0.25) is 0 Å². The van der Waals surface area contributed by atoms with Crippen molar-refractivity contribution in [1.82, 2.24) is 4.57 Å². The number of benzene rings is 3. The molecule has 0 atom stereocenters. The van der Waals surface area contributed by atoms with Gasteiger partial charge in [-0.05, 0) is 44.0 Å². The molecular formula is C22H19NO. The molecule has 4 rings (SSSR count). The van der Waals surface area contributed by atoms with E-state index in [1.807, 2.05) is 54.8 Å². The van der Waals surface area contributed by atoms with Crippen LogP contribution in [0.3, 0.4) is 0 Å². The average Bonchev–Trinajstić information content (AvgIpc) is 2.88. The molecule has 1 aromatic heterocycles. The molecule has 0 aliphatic rings. The lowest BCUT2D eigenvalue weighted by Crippen LogP contribution is -2.15. The first-order chi connectivity index (χ1) is 11.6. The second-order valence-electron chi connectivity index (χ2n) is 6.45. The molecule has 2 nitrogen and oxygen atoms in total. The van der Waals surface area contributed by atoms with Crippen molar-refractivity contribution in [1.29, 1.82) is 0 Å². The molecule has 0 spiro atoms. The minimum absolute atomic E-state index is 0.0439. The summed E-state index contributed by atoms with van der Waals surface area (Å²) in [4.78, 5) is 13.5. The lowest BCUT2D eigenvalue weighted by atomic mass is 9.99. The topological polar surface area (TPSA) is 22.0 Å². The number of aryl methyl sites for hydroxylation is 3. The van der Waals surface area contributed by atoms with Crippen LogP contribution in [0.25, 0.3) is 21.8 Å². The largest absolute Gasteiger partial charge is 0.276 e. The Morgan fingerprint density at radius 2 is 1.21 bits per heavy atom. The number of rotatable bonds is 1. The van der Waals surface area contributed by atoms with Gasteiger partial charge in [-0.1, -0.05) is 54.1 Å². The minimum Gasteiger partial charge on any atom is -0.276 e. The zero-order chi connectivity index (χ0) is 16.8. The number of hydrogen-bond acceptors (Lipinski definition) is 1. The van der Waals surface area contributed by atoms with E-state index in [1.54, 1.807) is 0 Å². The third-order valence-electron chi connectivity index (χ3n) is 4.67. The molecular weight excluding hydrogens is 294 g/mol. The zero-order valence-electron chi connectivity index (χ0n) is 14.1. The fourth-order valence-electron chi connectivity index (χ4n) is 3.77. The second-order valence-corrected chi connectivity index (χ2v) is 6.45. The van der Waals surface area contributed by atoms with E-state index in [9.17, 15) is 4.79 Å². The summed E-state index contributed by atoms with van der Waals surface area (Å²) in [5.74, 6) is 0.0439. The van der Waals surface area contributed by atoms with Crippen molar-refractivity contribution >= 4 is 27.7 Å². The van der Waals surface area contributed by atoms with Crippen molar-refractivity contribution < 1.29 is 4.79 Å². The van der Waals surface area contributed by atoms with Crippen LogP contribution in [-0.2, 0) is 0 Å². The highest BCUT2D eigenvalue weighted by atomic mass is 16.2. The van der Waals surface area contributed by atoms with Gasteiger partial charge in [0.25, 0.3) is 5.91 Å². The van der Waals surface area contributed by atoms with Crippen molar-refractivity contribution in [2.75, 3.05) is 0 Å². The maximum atomic E-state index is 13.5. The van der Waals surface area contributed by atoms with E-state index >= 15 is 0 Å². The first kappa shape index (κ1) is 14.7. The smallest absolute Gasteiger partial charge is 0.263 e. The zero-order valence-corrected chi connectivity index (χ0v) is 14.1. The van der Waals surface area contributed by atoms with E-state index in [4.69, 9.17) is 0 Å². The quantitative estimate of drug-likeness (QED) is 0.460. The number of nitrogens with zero attached hydrogens (tertiary/aromatic N) is 1. The summed E-state index contributed by atoms with van der Waals surface area (Å²) in [6.07, 6.45) is 0. The van der Waals surface area contributed by atoms with Crippen molar-refractivity contribution in [3.8, 4) is 0 Å². The Balaban J connectivity index is 2.08. The number of hydrogen-bond donors (Lipinski definition) is 0. The number of carbonyl (C=O) groups excluding carboxylic acids is 1. The Labute approximate surface area is 141 Å². The van der Waals surface area contributed by atoms with E-state index in [2.05, 4.69) is 31.2 Å². The van der Waals surface area contributed by atoms with Crippen LogP contribution >= 0.6 is 0 Å². The van der Waals surface area contributed by atoms with Crippen LogP contribution in [-0.4, -0.2) is 10.5 Å². The molecule has 24 heavy (non-hydrogen) atoms. The molecule has 0 aliphatic carbocycles. The van der Waals surface area contributed by atoms with E-state index in [0.717, 1.165) is 38.5 Å². The van der Waals surface area contributed by atoms with Gasteiger partial charge in [-0.25, -0.2) is 0 Å². The maximum Gasteiger partial charge on any atom is 0.263 e. The van der Waals surface area contributed by atoms with Gasteiger partial charge < -0.3 is 0 Å². The van der Waals surface area contributed by atoms with Crippen LogP contribution in [0.15, 0.2) is 60.7 Å². The third kappa shape index (κ3) is 2.07. The van der Waals surface area contributed by atoms with Crippen molar-refractivity contribution in [2.24, 2.45) is 0 Å². The van der Waals surface area contributed by atoms with Gasteiger partial charge in [0.15, 0.2) is 0 Å². The first-order valence-corrected chi connectivity index (χ1v) is 8.18. The lowest BCUT2D eigenvalue weighted by molar-refractivity contribution is 0.0968. The van der Waals surface area contributed by atoms with Gasteiger partial charge in [-0.2, -0.15) is 0 Å². The van der Waals surface area contributed by atoms with E-state index in [-0.39, 0.29) is 5.91 Å². The molecule has 0 saturated heterocycles. The predicted molar refractivity (Wildman–Crippen MR) is 99.8 cm³/mol. The normalized spacial score (nSPS) is 11.3. The maximum absolute atomic E-state index is 13.5. The molecule has 1 heterocycles. The fraction of sp³-hybridized carbons (Fsp3) is 0.136. The van der Waals surface area contributed by atoms with Gasteiger partial charge in [-0.3, -0.25) is 9.36 Å². The third-order valence-corrected chi connectivity index (χ3v) is 4.67. The molecule has 0 unspecified atom stereocenters. The van der Waals surface area contributed by atoms with Crippen molar-refractivity contribution in [3.05, 3.63) is 82.9 Å². The Kier molecular flexibility index (Phi) is 3.27. The van der Waals surface area contributed by atoms with Gasteiger partial charge >= 0.3 is 0 Å². The molecule has 0 aliphatic heterocycles. The predicted octanol–water partition coefficient (Wildman–Crippen LogP) is 5.41. The average molecular weight is 313 g/mol. The first-order valence-electron chi connectivity index (χ1n) is 8.18. The number of fused-ring (bicyclic) bond motifs is 3. The summed E-state index contributed by atoms with van der Waals surface area (Å²) in [7, 11) is 0. The molecule has 0 bridgehead atoms. The SMILES string of the molecule is Cc1cc(C)c(C(=O)n2c3ccccc3c3ccccc32)c(C)c1. The van der Waals surface area contributed by atoms with Gasteiger partial charge in [0.1, 0.15) is 0 Å². The molecule has 0 fully saturated rings. The van der Waals surface area contributed by atoms with Crippen LogP contribution in [0.5, 0.6) is 0 Å². The molecule has 0 radical (unpaired) electrons. The molecule has 2 heteroatoms. The number of para-hydroxylation sites is 2. The highest BCUT2D eigenvalue weighted by Gasteiger charge is 2.20. The fourth-order valence-corrected chi connectivity index (χ4v) is 3.77. The van der Waals surface area contributed by atoms with Crippen LogP contribution in [0.1, 0.15) is 27.0 Å². The second kappa shape index (κ2) is 5.34. The Bertz CT molecular complexity index is 1030. The van der Waals surface area contributed by atoms with Gasteiger partial charge in [-0.15, -0.1) is 0 Å². The van der Waals surface area contributed by atoms with Crippen LogP contribution in [0, 0.1) is 20.8 Å².